The van der Waals surface area contributed by atoms with E-state index in [1.54, 1.807) is 6.20 Å². The molecule has 0 radical (unpaired) electrons. The number of piperidine rings is 1. The van der Waals surface area contributed by atoms with Gasteiger partial charge in [-0.1, -0.05) is 13.8 Å². The number of fused-ring (bicyclic) bond motifs is 1. The standard InChI is InChI=1S/C30H32N4O3/c1-20(2)17-29(36)21-3-10-26(11-4-21)34-28-12-7-24(18-23(28)19-31-34)32-30(37)22-5-8-25(9-6-22)33-15-13-27(35)14-16-33/h3-12,18-20,27,35H,13-17H2,1-2H3,(H,32,37). The fourth-order valence-electron chi connectivity index (χ4n) is 4.74. The van der Waals surface area contributed by atoms with E-state index in [1.807, 2.05) is 85.3 Å². The Kier molecular flexibility index (Phi) is 7.06. The average molecular weight is 497 g/mol. The van der Waals surface area contributed by atoms with Crippen LogP contribution in [0.25, 0.3) is 16.6 Å². The van der Waals surface area contributed by atoms with Gasteiger partial charge < -0.3 is 15.3 Å². The number of amides is 1. The number of hydrogen-bond acceptors (Lipinski definition) is 5. The molecule has 4 aromatic rings. The van der Waals surface area contributed by atoms with Gasteiger partial charge in [0.15, 0.2) is 5.78 Å². The number of hydrogen-bond donors (Lipinski definition) is 2. The highest BCUT2D eigenvalue weighted by Crippen LogP contribution is 2.24. The Labute approximate surface area is 216 Å². The molecule has 37 heavy (non-hydrogen) atoms. The smallest absolute Gasteiger partial charge is 0.255 e. The summed E-state index contributed by atoms with van der Waals surface area (Å²) in [5.74, 6) is 0.300. The van der Waals surface area contributed by atoms with E-state index >= 15 is 0 Å². The number of Topliss-reactive ketones (excluding diaryl/α,β-unsaturated/α-hetero) is 1. The van der Waals surface area contributed by atoms with Crippen molar-refractivity contribution in [2.45, 2.75) is 39.2 Å². The maximum absolute atomic E-state index is 12.9. The van der Waals surface area contributed by atoms with Crippen molar-refractivity contribution in [3.05, 3.63) is 84.1 Å². The lowest BCUT2D eigenvalue weighted by molar-refractivity contribution is 0.0966. The molecule has 0 atom stereocenters. The summed E-state index contributed by atoms with van der Waals surface area (Å²) in [6, 6.07) is 20.8. The number of aliphatic hydroxyl groups excluding tert-OH is 1. The SMILES string of the molecule is CC(C)CC(=O)c1ccc(-n2ncc3cc(NC(=O)c4ccc(N5CCC(O)CC5)cc4)ccc32)cc1. The number of nitrogens with zero attached hydrogens (tertiary/aromatic N) is 3. The summed E-state index contributed by atoms with van der Waals surface area (Å²) in [6.45, 7) is 5.72. The Hall–Kier alpha value is -3.97. The molecule has 1 aliphatic heterocycles. The summed E-state index contributed by atoms with van der Waals surface area (Å²) < 4.78 is 1.83. The number of rotatable bonds is 7. The van der Waals surface area contributed by atoms with Crippen LogP contribution in [0.4, 0.5) is 11.4 Å². The molecule has 0 aliphatic carbocycles. The van der Waals surface area contributed by atoms with Crippen LogP contribution < -0.4 is 10.2 Å². The highest BCUT2D eigenvalue weighted by Gasteiger charge is 2.18. The van der Waals surface area contributed by atoms with Gasteiger partial charge in [-0.25, -0.2) is 4.68 Å². The molecule has 5 rings (SSSR count). The molecular weight excluding hydrogens is 464 g/mol. The van der Waals surface area contributed by atoms with E-state index in [4.69, 9.17) is 0 Å². The highest BCUT2D eigenvalue weighted by molar-refractivity contribution is 6.05. The van der Waals surface area contributed by atoms with Crippen LogP contribution in [0.3, 0.4) is 0 Å². The predicted molar refractivity (Wildman–Crippen MR) is 147 cm³/mol. The lowest BCUT2D eigenvalue weighted by Gasteiger charge is -2.31. The molecule has 0 bridgehead atoms. The normalized spacial score (nSPS) is 14.3. The Morgan fingerprint density at radius 2 is 1.59 bits per heavy atom. The van der Waals surface area contributed by atoms with Crippen molar-refractivity contribution in [3.8, 4) is 5.69 Å². The summed E-state index contributed by atoms with van der Waals surface area (Å²) in [6.07, 6.45) is 3.63. The molecule has 1 fully saturated rings. The lowest BCUT2D eigenvalue weighted by atomic mass is 10.0. The first-order valence-corrected chi connectivity index (χ1v) is 12.8. The van der Waals surface area contributed by atoms with Gasteiger partial charge in [-0.15, -0.1) is 0 Å². The molecule has 3 aromatic carbocycles. The van der Waals surface area contributed by atoms with Gasteiger partial charge in [0.05, 0.1) is 23.5 Å². The first kappa shape index (κ1) is 24.7. The van der Waals surface area contributed by atoms with Crippen molar-refractivity contribution in [1.82, 2.24) is 9.78 Å². The van der Waals surface area contributed by atoms with Crippen LogP contribution in [-0.4, -0.2) is 45.8 Å². The zero-order chi connectivity index (χ0) is 25.9. The van der Waals surface area contributed by atoms with E-state index in [2.05, 4.69) is 15.3 Å². The largest absolute Gasteiger partial charge is 0.393 e. The second kappa shape index (κ2) is 10.6. The number of benzene rings is 3. The van der Waals surface area contributed by atoms with Gasteiger partial charge in [-0.05, 0) is 85.5 Å². The Bertz CT molecular complexity index is 1400. The fourth-order valence-corrected chi connectivity index (χ4v) is 4.74. The molecule has 0 saturated carbocycles. The average Bonchev–Trinajstić information content (AvgIpc) is 3.32. The Morgan fingerprint density at radius 1 is 0.946 bits per heavy atom. The minimum absolute atomic E-state index is 0.147. The van der Waals surface area contributed by atoms with Crippen LogP contribution >= 0.6 is 0 Å². The van der Waals surface area contributed by atoms with Crippen LogP contribution in [0.2, 0.25) is 0 Å². The van der Waals surface area contributed by atoms with Gasteiger partial charge in [0.25, 0.3) is 5.91 Å². The maximum atomic E-state index is 12.9. The van der Waals surface area contributed by atoms with Gasteiger partial charge in [0, 0.05) is 47.4 Å². The molecule has 1 aliphatic rings. The summed E-state index contributed by atoms with van der Waals surface area (Å²) in [7, 11) is 0. The number of nitrogens with one attached hydrogen (secondary N) is 1. The van der Waals surface area contributed by atoms with E-state index in [1.165, 1.54) is 0 Å². The van der Waals surface area contributed by atoms with Crippen molar-refractivity contribution in [2.24, 2.45) is 5.92 Å². The molecule has 2 N–H and O–H groups in total. The van der Waals surface area contributed by atoms with Crippen molar-refractivity contribution in [2.75, 3.05) is 23.3 Å². The van der Waals surface area contributed by atoms with Crippen LogP contribution in [-0.2, 0) is 0 Å². The van der Waals surface area contributed by atoms with Gasteiger partial charge in [-0.3, -0.25) is 9.59 Å². The minimum atomic E-state index is -0.212. The Balaban J connectivity index is 1.27. The second-order valence-corrected chi connectivity index (χ2v) is 10.1. The van der Waals surface area contributed by atoms with Crippen LogP contribution in [0.5, 0.6) is 0 Å². The number of carbonyl (C=O) groups is 2. The minimum Gasteiger partial charge on any atom is -0.393 e. The van der Waals surface area contributed by atoms with E-state index in [0.29, 0.717) is 29.2 Å². The molecular formula is C30H32N4O3. The number of ketones is 1. The monoisotopic (exact) mass is 496 g/mol. The molecule has 7 heteroatoms. The number of carbonyl (C=O) groups excluding carboxylic acids is 2. The van der Waals surface area contributed by atoms with E-state index in [9.17, 15) is 14.7 Å². The number of anilines is 2. The summed E-state index contributed by atoms with van der Waals surface area (Å²) in [5, 5.41) is 18.1. The van der Waals surface area contributed by atoms with Gasteiger partial charge in [-0.2, -0.15) is 5.10 Å². The molecule has 0 unspecified atom stereocenters. The highest BCUT2D eigenvalue weighted by atomic mass is 16.3. The molecule has 7 nitrogen and oxygen atoms in total. The summed E-state index contributed by atoms with van der Waals surface area (Å²) in [5.41, 5.74) is 4.84. The number of aliphatic hydroxyl groups is 1. The van der Waals surface area contributed by atoms with E-state index in [-0.39, 0.29) is 17.8 Å². The van der Waals surface area contributed by atoms with Crippen molar-refractivity contribution >= 4 is 34.0 Å². The Morgan fingerprint density at radius 3 is 2.27 bits per heavy atom. The topological polar surface area (TPSA) is 87.5 Å². The van der Waals surface area contributed by atoms with Crippen LogP contribution in [0, 0.1) is 5.92 Å². The zero-order valence-corrected chi connectivity index (χ0v) is 21.2. The lowest BCUT2D eigenvalue weighted by Crippen LogP contribution is -2.35. The van der Waals surface area contributed by atoms with Gasteiger partial charge in [0.1, 0.15) is 0 Å². The number of aromatic nitrogens is 2. The third-order valence-electron chi connectivity index (χ3n) is 6.81. The molecule has 0 spiro atoms. The first-order chi connectivity index (χ1) is 17.9. The van der Waals surface area contributed by atoms with Crippen molar-refractivity contribution < 1.29 is 14.7 Å². The molecule has 190 valence electrons. The van der Waals surface area contributed by atoms with Gasteiger partial charge in [0.2, 0.25) is 0 Å². The summed E-state index contributed by atoms with van der Waals surface area (Å²) >= 11 is 0. The predicted octanol–water partition coefficient (Wildman–Crippen LogP) is 5.47. The maximum Gasteiger partial charge on any atom is 0.255 e. The summed E-state index contributed by atoms with van der Waals surface area (Å²) in [4.78, 5) is 27.4. The van der Waals surface area contributed by atoms with Crippen molar-refractivity contribution in [3.63, 3.8) is 0 Å². The third kappa shape index (κ3) is 5.57. The molecule has 1 aromatic heterocycles. The zero-order valence-electron chi connectivity index (χ0n) is 21.2. The quantitative estimate of drug-likeness (QED) is 0.332. The third-order valence-corrected chi connectivity index (χ3v) is 6.81. The molecule has 2 heterocycles. The second-order valence-electron chi connectivity index (χ2n) is 10.1. The first-order valence-electron chi connectivity index (χ1n) is 12.8. The molecule has 1 saturated heterocycles. The van der Waals surface area contributed by atoms with Crippen LogP contribution in [0.1, 0.15) is 53.8 Å². The van der Waals surface area contributed by atoms with E-state index in [0.717, 1.165) is 48.2 Å². The van der Waals surface area contributed by atoms with Crippen molar-refractivity contribution in [1.29, 1.82) is 0 Å². The van der Waals surface area contributed by atoms with E-state index < -0.39 is 0 Å². The fraction of sp³-hybridized carbons (Fsp3) is 0.300. The van der Waals surface area contributed by atoms with Gasteiger partial charge >= 0.3 is 0 Å². The van der Waals surface area contributed by atoms with Crippen LogP contribution in [0.15, 0.2) is 72.9 Å². The molecule has 1 amide bonds.